The third-order valence-corrected chi connectivity index (χ3v) is 10.4. The summed E-state index contributed by atoms with van der Waals surface area (Å²) in [5.41, 5.74) is 1.83. The lowest BCUT2D eigenvalue weighted by molar-refractivity contribution is -0.197. The van der Waals surface area contributed by atoms with E-state index in [1.165, 1.54) is 24.8 Å². The van der Waals surface area contributed by atoms with Crippen molar-refractivity contribution in [3.05, 3.63) is 9.66 Å². The fourth-order valence-corrected chi connectivity index (χ4v) is 7.48. The van der Waals surface area contributed by atoms with Gasteiger partial charge in [0.15, 0.2) is 0 Å². The van der Waals surface area contributed by atoms with Crippen molar-refractivity contribution in [2.24, 2.45) is 28.6 Å². The van der Waals surface area contributed by atoms with Crippen LogP contribution in [0.5, 0.6) is 0 Å². The average molecular weight is 560 g/mol. The molecule has 2 bridgehead atoms. The average Bonchev–Trinajstić information content (AvgIpc) is 3.38. The first-order chi connectivity index (χ1) is 15.2. The molecule has 182 valence electrons. The van der Waals surface area contributed by atoms with E-state index in [1.807, 2.05) is 6.92 Å². The second-order valence-electron chi connectivity index (χ2n) is 11.6. The number of hydrogen-bond donors (Lipinski definition) is 0. The Bertz CT molecular complexity index is 739. The maximum Gasteiger partial charge on any atom is 0.315 e. The van der Waals surface area contributed by atoms with Crippen molar-refractivity contribution >= 4 is 28.6 Å². The minimum atomic E-state index is -0.340. The molecule has 0 aromatic heterocycles. The second kappa shape index (κ2) is 9.46. The summed E-state index contributed by atoms with van der Waals surface area (Å²) >= 11 is 2.33. The third-order valence-electron chi connectivity index (χ3n) is 9.37. The van der Waals surface area contributed by atoms with E-state index in [-0.39, 0.29) is 47.2 Å². The van der Waals surface area contributed by atoms with Gasteiger partial charge in [0.2, 0.25) is 0 Å². The fraction of sp³-hybridized carbons (Fsp3) is 0.885. The van der Waals surface area contributed by atoms with Crippen molar-refractivity contribution in [1.29, 1.82) is 0 Å². The molecule has 0 spiro atoms. The van der Waals surface area contributed by atoms with E-state index in [9.17, 15) is 4.79 Å². The minimum absolute atomic E-state index is 0.138. The Morgan fingerprint density at radius 1 is 1.31 bits per heavy atom. The Morgan fingerprint density at radius 3 is 2.75 bits per heavy atom. The van der Waals surface area contributed by atoms with Crippen LogP contribution in [0.3, 0.4) is 0 Å². The Labute approximate surface area is 208 Å². The summed E-state index contributed by atoms with van der Waals surface area (Å²) in [5.74, 6) is 0.751. The van der Waals surface area contributed by atoms with Crippen molar-refractivity contribution in [2.75, 3.05) is 6.61 Å². The number of hydrogen-bond acceptors (Lipinski definition) is 5. The number of rotatable bonds is 9. The molecule has 2 heterocycles. The highest BCUT2D eigenvalue weighted by Crippen LogP contribution is 2.70. The van der Waals surface area contributed by atoms with Gasteiger partial charge in [0.1, 0.15) is 12.1 Å². The Morgan fingerprint density at radius 2 is 2.06 bits per heavy atom. The Hall–Kier alpha value is -0.180. The summed E-state index contributed by atoms with van der Waals surface area (Å²) in [5, 5.41) is 2.10. The molecule has 4 rings (SSSR count). The summed E-state index contributed by atoms with van der Waals surface area (Å²) in [6.45, 7) is 14.0. The quantitative estimate of drug-likeness (QED) is 0.190. The molecule has 4 unspecified atom stereocenters. The first-order valence-electron chi connectivity index (χ1n) is 12.7. The number of ether oxygens (including phenoxy) is 2. The third kappa shape index (κ3) is 3.99. The van der Waals surface area contributed by atoms with Crippen molar-refractivity contribution in [2.45, 2.75) is 111 Å². The van der Waals surface area contributed by atoms with E-state index in [2.05, 4.69) is 66.4 Å². The van der Waals surface area contributed by atoms with Crippen LogP contribution in [-0.2, 0) is 19.1 Å². The molecule has 5 nitrogen and oxygen atoms in total. The van der Waals surface area contributed by atoms with Crippen LogP contribution < -0.4 is 0 Å². The van der Waals surface area contributed by atoms with E-state index in [1.54, 1.807) is 0 Å². The number of allylic oxidation sites excluding steroid dienone is 1. The summed E-state index contributed by atoms with van der Waals surface area (Å²) in [6, 6.07) is 0.263. The predicted molar refractivity (Wildman–Crippen MR) is 134 cm³/mol. The normalized spacial score (nSPS) is 41.0. The zero-order chi connectivity index (χ0) is 23.3. The summed E-state index contributed by atoms with van der Waals surface area (Å²) in [7, 11) is 0. The molecule has 2 saturated heterocycles. The van der Waals surface area contributed by atoms with Gasteiger partial charge >= 0.3 is 5.97 Å². The summed E-state index contributed by atoms with van der Waals surface area (Å²) < 4.78 is 14.4. The van der Waals surface area contributed by atoms with Crippen LogP contribution in [0.25, 0.3) is 0 Å². The van der Waals surface area contributed by atoms with Gasteiger partial charge in [-0.15, -0.1) is 0 Å². The smallest absolute Gasteiger partial charge is 0.315 e. The lowest BCUT2D eigenvalue weighted by Crippen LogP contribution is -2.42. The molecule has 4 aliphatic rings. The van der Waals surface area contributed by atoms with Crippen LogP contribution in [0.15, 0.2) is 9.66 Å². The maximum atomic E-state index is 13.0. The first kappa shape index (κ1) is 24.9. The molecule has 0 amide bonds. The van der Waals surface area contributed by atoms with Gasteiger partial charge in [0.05, 0.1) is 24.9 Å². The van der Waals surface area contributed by atoms with E-state index < -0.39 is 0 Å². The summed E-state index contributed by atoms with van der Waals surface area (Å²) in [4.78, 5) is 19.5. The number of fused-ring (bicyclic) bond motifs is 7. The molecule has 2 saturated carbocycles. The van der Waals surface area contributed by atoms with Crippen LogP contribution in [0.4, 0.5) is 0 Å². The standard InChI is InChI=1S/C26H42INO4/c1-7-30-24(29)20-19(11-9-8-10-16(2)14-17(3)15-27)32-28-21-18-12-13-26(6,25(18,4)5)22(21)31-23(20)28/h15-16,18-23H,7-14H2,1-6H3/b17-15+/t16-,18?,19-,20-,21+,22?,23?,26?/m1/s1. The van der Waals surface area contributed by atoms with Crippen LogP contribution in [-0.4, -0.2) is 42.1 Å². The van der Waals surface area contributed by atoms with Gasteiger partial charge in [-0.05, 0) is 60.9 Å². The highest BCUT2D eigenvalue weighted by molar-refractivity contribution is 14.1. The molecule has 2 aliphatic heterocycles. The highest BCUT2D eigenvalue weighted by atomic mass is 127. The molecule has 32 heavy (non-hydrogen) atoms. The lowest BCUT2D eigenvalue weighted by atomic mass is 9.70. The molecule has 2 aliphatic carbocycles. The molecule has 8 atom stereocenters. The molecule has 0 aromatic carbocycles. The lowest BCUT2D eigenvalue weighted by Gasteiger charge is -2.38. The molecule has 6 heteroatoms. The van der Waals surface area contributed by atoms with E-state index in [0.717, 1.165) is 25.7 Å². The van der Waals surface area contributed by atoms with Gasteiger partial charge in [-0.1, -0.05) is 75.1 Å². The monoisotopic (exact) mass is 559 g/mol. The largest absolute Gasteiger partial charge is 0.466 e. The predicted octanol–water partition coefficient (Wildman–Crippen LogP) is 6.26. The van der Waals surface area contributed by atoms with Gasteiger partial charge in [-0.2, -0.15) is 5.06 Å². The molecular weight excluding hydrogens is 517 g/mol. The van der Waals surface area contributed by atoms with Crippen molar-refractivity contribution < 1.29 is 19.1 Å². The van der Waals surface area contributed by atoms with Crippen molar-refractivity contribution in [3.8, 4) is 0 Å². The summed E-state index contributed by atoms with van der Waals surface area (Å²) in [6.07, 6.45) is 7.63. The van der Waals surface area contributed by atoms with Crippen molar-refractivity contribution in [1.82, 2.24) is 5.06 Å². The maximum absolute atomic E-state index is 13.0. The van der Waals surface area contributed by atoms with Crippen LogP contribution in [0.2, 0.25) is 0 Å². The molecule has 0 N–H and O–H groups in total. The first-order valence-corrected chi connectivity index (χ1v) is 13.9. The van der Waals surface area contributed by atoms with E-state index in [4.69, 9.17) is 14.3 Å². The number of carbonyl (C=O) groups excluding carboxylic acids is 1. The SMILES string of the molecule is CCOC(=O)[C@H]1C2OC3[C@H](C4CCC3(C)C4(C)C)N2O[C@@H]1CCCC[C@@H](C)C/C(C)=C/I. The van der Waals surface area contributed by atoms with Gasteiger partial charge in [0, 0.05) is 5.41 Å². The van der Waals surface area contributed by atoms with Gasteiger partial charge < -0.3 is 9.47 Å². The zero-order valence-electron chi connectivity index (χ0n) is 20.7. The number of nitrogens with zero attached hydrogens (tertiary/aromatic N) is 1. The van der Waals surface area contributed by atoms with E-state index >= 15 is 0 Å². The zero-order valence-corrected chi connectivity index (χ0v) is 22.9. The second-order valence-corrected chi connectivity index (χ2v) is 12.2. The fourth-order valence-electron chi connectivity index (χ4n) is 7.23. The van der Waals surface area contributed by atoms with Gasteiger partial charge in [-0.25, -0.2) is 0 Å². The molecular formula is C26H42INO4. The molecule has 4 fully saturated rings. The topological polar surface area (TPSA) is 48.0 Å². The number of esters is 1. The highest BCUT2D eigenvalue weighted by Gasteiger charge is 2.74. The minimum Gasteiger partial charge on any atom is -0.466 e. The number of unbranched alkanes of at least 4 members (excludes halogenated alkanes) is 1. The Kier molecular flexibility index (Phi) is 7.37. The van der Waals surface area contributed by atoms with Gasteiger partial charge in [-0.3, -0.25) is 9.63 Å². The number of carbonyl (C=O) groups is 1. The molecule has 0 radical (unpaired) electrons. The van der Waals surface area contributed by atoms with Crippen LogP contribution >= 0.6 is 22.6 Å². The van der Waals surface area contributed by atoms with Crippen LogP contribution in [0.1, 0.15) is 86.5 Å². The number of halogens is 1. The number of hydroxylamine groups is 2. The van der Waals surface area contributed by atoms with E-state index in [0.29, 0.717) is 18.4 Å². The molecule has 0 aromatic rings. The van der Waals surface area contributed by atoms with Gasteiger partial charge in [0.25, 0.3) is 0 Å². The van der Waals surface area contributed by atoms with Crippen LogP contribution in [0, 0.1) is 28.6 Å². The Balaban J connectivity index is 1.41. The van der Waals surface area contributed by atoms with Crippen molar-refractivity contribution in [3.63, 3.8) is 0 Å².